The highest BCUT2D eigenvalue weighted by molar-refractivity contribution is 5.90. The summed E-state index contributed by atoms with van der Waals surface area (Å²) in [5, 5.41) is 2.61. The maximum absolute atomic E-state index is 5.58. The van der Waals surface area contributed by atoms with E-state index in [0.717, 1.165) is 11.5 Å². The molecule has 31 heavy (non-hydrogen) atoms. The normalized spacial score (nSPS) is 24.3. The van der Waals surface area contributed by atoms with Crippen LogP contribution in [0.1, 0.15) is 61.8 Å². The van der Waals surface area contributed by atoms with Crippen molar-refractivity contribution in [3.8, 4) is 11.5 Å². The van der Waals surface area contributed by atoms with Gasteiger partial charge in [0.05, 0.1) is 14.2 Å². The molecule has 1 fully saturated rings. The molecular formula is C27H30N2O2. The summed E-state index contributed by atoms with van der Waals surface area (Å²) in [7, 11) is 3.50. The lowest BCUT2D eigenvalue weighted by Crippen LogP contribution is -2.34. The topological polar surface area (TPSA) is 50.0 Å². The number of benzene rings is 2. The van der Waals surface area contributed by atoms with Crippen LogP contribution in [0.2, 0.25) is 0 Å². The third-order valence-corrected chi connectivity index (χ3v) is 8.05. The van der Waals surface area contributed by atoms with Crippen LogP contribution in [-0.4, -0.2) is 24.2 Å². The van der Waals surface area contributed by atoms with Gasteiger partial charge >= 0.3 is 0 Å². The molecule has 4 heteroatoms. The number of fused-ring (bicyclic) bond motifs is 6. The van der Waals surface area contributed by atoms with Crippen LogP contribution in [0, 0.1) is 11.3 Å². The number of aromatic nitrogens is 2. The predicted molar refractivity (Wildman–Crippen MR) is 125 cm³/mol. The highest BCUT2D eigenvalue weighted by Gasteiger charge is 2.52. The van der Waals surface area contributed by atoms with Crippen molar-refractivity contribution in [2.24, 2.45) is 11.3 Å². The Labute approximate surface area is 182 Å². The predicted octanol–water partition coefficient (Wildman–Crippen LogP) is 6.72. The molecule has 0 spiro atoms. The first-order valence-corrected chi connectivity index (χ1v) is 11.4. The molecule has 2 aromatic carbocycles. The minimum atomic E-state index is 0.279. The van der Waals surface area contributed by atoms with Crippen molar-refractivity contribution in [1.29, 1.82) is 0 Å². The van der Waals surface area contributed by atoms with Gasteiger partial charge in [0.25, 0.3) is 0 Å². The average molecular weight is 415 g/mol. The van der Waals surface area contributed by atoms with Crippen molar-refractivity contribution in [3.05, 3.63) is 59.4 Å². The van der Waals surface area contributed by atoms with Gasteiger partial charge in [-0.15, -0.1) is 0 Å². The second-order valence-corrected chi connectivity index (χ2v) is 10.0. The van der Waals surface area contributed by atoms with E-state index in [9.17, 15) is 0 Å². The average Bonchev–Trinajstić information content (AvgIpc) is 3.43. The van der Waals surface area contributed by atoms with Gasteiger partial charge in [-0.25, -0.2) is 0 Å². The molecular weight excluding hydrogens is 384 g/mol. The zero-order valence-electron chi connectivity index (χ0n) is 18.7. The van der Waals surface area contributed by atoms with E-state index in [4.69, 9.17) is 9.47 Å². The van der Waals surface area contributed by atoms with Gasteiger partial charge in [-0.05, 0) is 77.6 Å². The van der Waals surface area contributed by atoms with Gasteiger partial charge in [-0.2, -0.15) is 0 Å². The third kappa shape index (κ3) is 2.60. The molecule has 0 bridgehead atoms. The first-order chi connectivity index (χ1) is 15.0. The van der Waals surface area contributed by atoms with Crippen LogP contribution >= 0.6 is 0 Å². The molecule has 1 saturated carbocycles. The quantitative estimate of drug-likeness (QED) is 0.391. The Morgan fingerprint density at radius 2 is 1.65 bits per heavy atom. The van der Waals surface area contributed by atoms with Crippen LogP contribution in [0.3, 0.4) is 0 Å². The maximum Gasteiger partial charge on any atom is 0.119 e. The van der Waals surface area contributed by atoms with E-state index >= 15 is 0 Å². The van der Waals surface area contributed by atoms with E-state index < -0.39 is 0 Å². The summed E-state index contributed by atoms with van der Waals surface area (Å²) >= 11 is 0. The summed E-state index contributed by atoms with van der Waals surface area (Å²) in [5.41, 5.74) is 6.98. The highest BCUT2D eigenvalue weighted by atomic mass is 16.5. The molecule has 2 aromatic heterocycles. The fourth-order valence-electron chi connectivity index (χ4n) is 6.69. The molecule has 4 nitrogen and oxygen atoms in total. The molecule has 0 amide bonds. The monoisotopic (exact) mass is 414 g/mol. The lowest BCUT2D eigenvalue weighted by molar-refractivity contribution is 0.112. The molecule has 0 saturated heterocycles. The molecule has 160 valence electrons. The number of hydrogen-bond acceptors (Lipinski definition) is 2. The van der Waals surface area contributed by atoms with Crippen LogP contribution in [0.5, 0.6) is 11.5 Å². The van der Waals surface area contributed by atoms with E-state index in [1.54, 1.807) is 14.2 Å². The zero-order chi connectivity index (χ0) is 21.3. The SMILES string of the molecule is COc1ccc2[nH]cc([C@H]3c4[nH]c5ccc(OC)cc5c4[C@@H]4CCCC(C)(C)[C@H]34)c2c1. The van der Waals surface area contributed by atoms with Crippen molar-refractivity contribution >= 4 is 21.8 Å². The molecule has 2 aliphatic rings. The maximum atomic E-state index is 5.58. The summed E-state index contributed by atoms with van der Waals surface area (Å²) in [6, 6.07) is 12.8. The molecule has 3 atom stereocenters. The fraction of sp³-hybridized carbons (Fsp3) is 0.407. The molecule has 2 heterocycles. The molecule has 0 aliphatic heterocycles. The van der Waals surface area contributed by atoms with E-state index in [1.165, 1.54) is 57.9 Å². The lowest BCUT2D eigenvalue weighted by Gasteiger charge is -2.44. The number of H-pyrrole nitrogens is 2. The summed E-state index contributed by atoms with van der Waals surface area (Å²) in [4.78, 5) is 7.39. The molecule has 0 radical (unpaired) electrons. The van der Waals surface area contributed by atoms with Crippen LogP contribution in [0.15, 0.2) is 42.6 Å². The second-order valence-electron chi connectivity index (χ2n) is 10.0. The van der Waals surface area contributed by atoms with Crippen LogP contribution in [-0.2, 0) is 0 Å². The Balaban J connectivity index is 1.63. The van der Waals surface area contributed by atoms with E-state index in [2.05, 4.69) is 60.3 Å². The molecule has 6 rings (SSSR count). The van der Waals surface area contributed by atoms with Gasteiger partial charge in [0, 0.05) is 39.6 Å². The number of rotatable bonds is 3. The number of nitrogens with one attached hydrogen (secondary N) is 2. The standard InChI is InChI=1S/C27H30N2O2/c1-27(2)11-5-6-17-23-19-13-16(31-4)8-10-22(19)29-26(23)24(25(17)27)20-14-28-21-9-7-15(30-3)12-18(20)21/h7-10,12-14,17,24-25,28-29H,5-6,11H2,1-4H3/t17-,24+,25-/m0/s1. The highest BCUT2D eigenvalue weighted by Crippen LogP contribution is 2.63. The van der Waals surface area contributed by atoms with Gasteiger partial charge in [0.2, 0.25) is 0 Å². The number of aromatic amines is 2. The number of methoxy groups -OCH3 is 2. The fourth-order valence-corrected chi connectivity index (χ4v) is 6.69. The Morgan fingerprint density at radius 3 is 2.39 bits per heavy atom. The second kappa shape index (κ2) is 6.56. The van der Waals surface area contributed by atoms with Gasteiger partial charge < -0.3 is 19.4 Å². The largest absolute Gasteiger partial charge is 0.497 e. The van der Waals surface area contributed by atoms with Crippen molar-refractivity contribution in [2.75, 3.05) is 14.2 Å². The number of hydrogen-bond donors (Lipinski definition) is 2. The van der Waals surface area contributed by atoms with Crippen LogP contribution in [0.25, 0.3) is 21.8 Å². The number of ether oxygens (including phenoxy) is 2. The summed E-state index contributed by atoms with van der Waals surface area (Å²) in [5.74, 6) is 3.33. The Kier molecular flexibility index (Phi) is 3.99. The van der Waals surface area contributed by atoms with Gasteiger partial charge in [-0.3, -0.25) is 0 Å². The van der Waals surface area contributed by atoms with Crippen molar-refractivity contribution < 1.29 is 9.47 Å². The Bertz CT molecular complexity index is 1300. The third-order valence-electron chi connectivity index (χ3n) is 8.05. The summed E-state index contributed by atoms with van der Waals surface area (Å²) in [6.07, 6.45) is 6.06. The molecule has 2 aliphatic carbocycles. The zero-order valence-corrected chi connectivity index (χ0v) is 18.7. The Morgan fingerprint density at radius 1 is 0.935 bits per heavy atom. The molecule has 4 aromatic rings. The summed E-state index contributed by atoms with van der Waals surface area (Å²) in [6.45, 7) is 4.95. The van der Waals surface area contributed by atoms with Crippen LogP contribution < -0.4 is 9.47 Å². The molecule has 0 unspecified atom stereocenters. The van der Waals surface area contributed by atoms with Gasteiger partial charge in [0.15, 0.2) is 0 Å². The van der Waals surface area contributed by atoms with E-state index in [0.29, 0.717) is 17.8 Å². The smallest absolute Gasteiger partial charge is 0.119 e. The Hall–Kier alpha value is -2.88. The first-order valence-electron chi connectivity index (χ1n) is 11.4. The van der Waals surface area contributed by atoms with E-state index in [1.807, 2.05) is 6.07 Å². The van der Waals surface area contributed by atoms with Crippen molar-refractivity contribution in [1.82, 2.24) is 9.97 Å². The van der Waals surface area contributed by atoms with Crippen LogP contribution in [0.4, 0.5) is 0 Å². The minimum Gasteiger partial charge on any atom is -0.497 e. The molecule has 2 N–H and O–H groups in total. The minimum absolute atomic E-state index is 0.279. The van der Waals surface area contributed by atoms with Gasteiger partial charge in [0.1, 0.15) is 11.5 Å². The summed E-state index contributed by atoms with van der Waals surface area (Å²) < 4.78 is 11.1. The first kappa shape index (κ1) is 18.9. The van der Waals surface area contributed by atoms with Crippen molar-refractivity contribution in [3.63, 3.8) is 0 Å². The lowest BCUT2D eigenvalue weighted by atomic mass is 9.60. The van der Waals surface area contributed by atoms with E-state index in [-0.39, 0.29) is 5.41 Å². The van der Waals surface area contributed by atoms with Gasteiger partial charge in [-0.1, -0.05) is 20.3 Å². The van der Waals surface area contributed by atoms with Crippen molar-refractivity contribution in [2.45, 2.75) is 44.9 Å².